The Morgan fingerprint density at radius 3 is 3.00 bits per heavy atom. The highest BCUT2D eigenvalue weighted by atomic mass is 32.1. The molecule has 1 atom stereocenters. The molecule has 0 aromatic carbocycles. The van der Waals surface area contributed by atoms with E-state index in [0.29, 0.717) is 5.92 Å². The van der Waals surface area contributed by atoms with Gasteiger partial charge in [0, 0.05) is 51.8 Å². The van der Waals surface area contributed by atoms with Crippen molar-refractivity contribution in [1.29, 1.82) is 0 Å². The van der Waals surface area contributed by atoms with Crippen LogP contribution in [0.15, 0.2) is 22.5 Å². The highest BCUT2D eigenvalue weighted by Gasteiger charge is 2.22. The Balaban J connectivity index is 1.35. The molecule has 1 aliphatic carbocycles. The molecule has 0 amide bonds. The molecule has 1 saturated carbocycles. The zero-order valence-corrected chi connectivity index (χ0v) is 17.1. The minimum absolute atomic E-state index is 0.694. The van der Waals surface area contributed by atoms with E-state index in [1.54, 1.807) is 0 Å². The maximum Gasteiger partial charge on any atom is 0.193 e. The van der Waals surface area contributed by atoms with Crippen LogP contribution in [0.4, 0.5) is 0 Å². The van der Waals surface area contributed by atoms with Gasteiger partial charge in [-0.25, -0.2) is 0 Å². The largest absolute Gasteiger partial charge is 0.379 e. The van der Waals surface area contributed by atoms with Crippen LogP contribution in [0.2, 0.25) is 0 Å². The second kappa shape index (κ2) is 10.3. The number of rotatable bonds is 9. The number of nitrogens with one attached hydrogen (secondary N) is 1. The van der Waals surface area contributed by atoms with Crippen molar-refractivity contribution in [3.8, 4) is 0 Å². The van der Waals surface area contributed by atoms with E-state index in [-0.39, 0.29) is 0 Å². The third-order valence-electron chi connectivity index (χ3n) is 5.31. The van der Waals surface area contributed by atoms with Crippen molar-refractivity contribution in [2.24, 2.45) is 16.8 Å². The Labute approximate surface area is 162 Å². The van der Waals surface area contributed by atoms with Crippen LogP contribution in [0.5, 0.6) is 0 Å². The number of likely N-dealkylation sites (tertiary alicyclic amines) is 1. The molecule has 1 aliphatic heterocycles. The highest BCUT2D eigenvalue weighted by molar-refractivity contribution is 7.09. The molecule has 0 spiro atoms. The molecule has 0 radical (unpaired) electrons. The van der Waals surface area contributed by atoms with Gasteiger partial charge in [0.2, 0.25) is 0 Å². The zero-order chi connectivity index (χ0) is 18.2. The number of hydrogen-bond donors (Lipinski definition) is 1. The zero-order valence-electron chi connectivity index (χ0n) is 16.3. The van der Waals surface area contributed by atoms with Gasteiger partial charge in [0.15, 0.2) is 5.96 Å². The molecule has 0 bridgehead atoms. The molecule has 1 unspecified atom stereocenters. The van der Waals surface area contributed by atoms with Crippen molar-refractivity contribution < 1.29 is 4.74 Å². The summed E-state index contributed by atoms with van der Waals surface area (Å²) in [5.41, 5.74) is 0. The molecule has 1 saturated heterocycles. The summed E-state index contributed by atoms with van der Waals surface area (Å²) in [7, 11) is 3.97. The number of piperidine rings is 1. The predicted octanol–water partition coefficient (Wildman–Crippen LogP) is 2.89. The maximum absolute atomic E-state index is 5.75. The number of ether oxygens (including phenoxy) is 1. The van der Waals surface area contributed by atoms with Gasteiger partial charge in [-0.1, -0.05) is 6.07 Å². The Kier molecular flexibility index (Phi) is 7.77. The third-order valence-corrected chi connectivity index (χ3v) is 6.17. The molecule has 2 fully saturated rings. The second-order valence-corrected chi connectivity index (χ2v) is 8.72. The number of hydrogen-bond acceptors (Lipinski definition) is 4. The van der Waals surface area contributed by atoms with Gasteiger partial charge in [0.25, 0.3) is 0 Å². The van der Waals surface area contributed by atoms with Crippen molar-refractivity contribution in [3.63, 3.8) is 0 Å². The van der Waals surface area contributed by atoms with Crippen LogP contribution in [-0.4, -0.2) is 69.2 Å². The summed E-state index contributed by atoms with van der Waals surface area (Å²) < 4.78 is 5.75. The summed E-state index contributed by atoms with van der Waals surface area (Å²) in [6.07, 6.45) is 5.30. The summed E-state index contributed by atoms with van der Waals surface area (Å²) in [5.74, 6) is 2.51. The van der Waals surface area contributed by atoms with Gasteiger partial charge in [-0.05, 0) is 55.5 Å². The first-order chi connectivity index (χ1) is 12.7. The fourth-order valence-corrected chi connectivity index (χ4v) is 4.29. The van der Waals surface area contributed by atoms with Crippen LogP contribution < -0.4 is 5.32 Å². The first kappa shape index (κ1) is 19.6. The van der Waals surface area contributed by atoms with E-state index in [9.17, 15) is 0 Å². The first-order valence-electron chi connectivity index (χ1n) is 9.99. The van der Waals surface area contributed by atoms with Gasteiger partial charge in [-0.2, -0.15) is 0 Å². The van der Waals surface area contributed by atoms with E-state index in [0.717, 1.165) is 44.7 Å². The Hall–Kier alpha value is -1.11. The summed E-state index contributed by atoms with van der Waals surface area (Å²) in [5, 5.41) is 5.75. The van der Waals surface area contributed by atoms with E-state index >= 15 is 0 Å². The van der Waals surface area contributed by atoms with Crippen molar-refractivity contribution >= 4 is 17.3 Å². The molecule has 26 heavy (non-hydrogen) atoms. The molecule has 1 N–H and O–H groups in total. The molecule has 6 heteroatoms. The van der Waals surface area contributed by atoms with Crippen LogP contribution >= 0.6 is 11.3 Å². The van der Waals surface area contributed by atoms with Crippen molar-refractivity contribution in [2.75, 3.05) is 53.5 Å². The Morgan fingerprint density at radius 2 is 2.27 bits per heavy atom. The van der Waals surface area contributed by atoms with Gasteiger partial charge in [0.05, 0.1) is 6.61 Å². The van der Waals surface area contributed by atoms with Gasteiger partial charge >= 0.3 is 0 Å². The number of aliphatic imine (C=N–C) groups is 1. The standard InChI is InChI=1S/C20H34N4OS/c1-21-20(23(2)10-11-25-16-17-7-8-17)22-13-18-5-3-9-24(14-18)15-19-6-4-12-26-19/h4,6,12,17-18H,3,5,7-11,13-16H2,1-2H3,(H,21,22). The minimum Gasteiger partial charge on any atom is -0.379 e. The van der Waals surface area contributed by atoms with Crippen LogP contribution in [0.1, 0.15) is 30.6 Å². The lowest BCUT2D eigenvalue weighted by Crippen LogP contribution is -2.45. The summed E-state index contributed by atoms with van der Waals surface area (Å²) in [6.45, 7) is 7.11. The van der Waals surface area contributed by atoms with E-state index in [4.69, 9.17) is 4.74 Å². The molecule has 3 rings (SSSR count). The lowest BCUT2D eigenvalue weighted by molar-refractivity contribution is 0.115. The van der Waals surface area contributed by atoms with Crippen molar-refractivity contribution in [1.82, 2.24) is 15.1 Å². The average Bonchev–Trinajstić information content (AvgIpc) is 3.34. The van der Waals surface area contributed by atoms with E-state index in [2.05, 4.69) is 44.7 Å². The maximum atomic E-state index is 5.75. The van der Waals surface area contributed by atoms with Crippen LogP contribution in [-0.2, 0) is 11.3 Å². The molecule has 1 aromatic heterocycles. The van der Waals surface area contributed by atoms with Crippen LogP contribution in [0.25, 0.3) is 0 Å². The van der Waals surface area contributed by atoms with Gasteiger partial charge in [0.1, 0.15) is 0 Å². The predicted molar refractivity (Wildman–Crippen MR) is 110 cm³/mol. The molecular formula is C20H34N4OS. The molecule has 2 aliphatic rings. The van der Waals surface area contributed by atoms with Crippen molar-refractivity contribution in [3.05, 3.63) is 22.4 Å². The third kappa shape index (κ3) is 6.56. The summed E-state index contributed by atoms with van der Waals surface area (Å²) in [6, 6.07) is 4.39. The fourth-order valence-electron chi connectivity index (χ4n) is 3.55. The smallest absolute Gasteiger partial charge is 0.193 e. The molecule has 146 valence electrons. The van der Waals surface area contributed by atoms with Crippen LogP contribution in [0, 0.1) is 11.8 Å². The summed E-state index contributed by atoms with van der Waals surface area (Å²) >= 11 is 1.86. The van der Waals surface area contributed by atoms with E-state index < -0.39 is 0 Å². The number of nitrogens with zero attached hydrogens (tertiary/aromatic N) is 3. The van der Waals surface area contributed by atoms with Gasteiger partial charge < -0.3 is 15.0 Å². The SMILES string of the molecule is CN=C(NCC1CCCN(Cc2cccs2)C1)N(C)CCOCC1CC1. The number of guanidine groups is 1. The topological polar surface area (TPSA) is 40.1 Å². The Morgan fingerprint density at radius 1 is 1.38 bits per heavy atom. The normalized spacial score (nSPS) is 21.8. The first-order valence-corrected chi connectivity index (χ1v) is 10.9. The average molecular weight is 379 g/mol. The molecule has 2 heterocycles. The number of thiophene rings is 1. The monoisotopic (exact) mass is 378 g/mol. The fraction of sp³-hybridized carbons (Fsp3) is 0.750. The van der Waals surface area contributed by atoms with Gasteiger partial charge in [-0.3, -0.25) is 9.89 Å². The van der Waals surface area contributed by atoms with E-state index in [1.807, 2.05) is 18.4 Å². The second-order valence-electron chi connectivity index (χ2n) is 7.69. The van der Waals surface area contributed by atoms with Crippen LogP contribution in [0.3, 0.4) is 0 Å². The quantitative estimate of drug-likeness (QED) is 0.407. The lowest BCUT2D eigenvalue weighted by atomic mass is 9.98. The minimum atomic E-state index is 0.694. The molecule has 5 nitrogen and oxygen atoms in total. The lowest BCUT2D eigenvalue weighted by Gasteiger charge is -2.33. The number of likely N-dealkylation sites (N-methyl/N-ethyl adjacent to an activating group) is 1. The molecular weight excluding hydrogens is 344 g/mol. The summed E-state index contributed by atoms with van der Waals surface area (Å²) in [4.78, 5) is 10.7. The van der Waals surface area contributed by atoms with Gasteiger partial charge in [-0.15, -0.1) is 11.3 Å². The Bertz CT molecular complexity index is 544. The van der Waals surface area contributed by atoms with E-state index in [1.165, 1.54) is 43.6 Å². The van der Waals surface area contributed by atoms with Crippen molar-refractivity contribution in [2.45, 2.75) is 32.2 Å². The highest BCUT2D eigenvalue weighted by Crippen LogP contribution is 2.28. The molecule has 1 aromatic rings.